The van der Waals surface area contributed by atoms with Crippen molar-refractivity contribution in [1.29, 1.82) is 0 Å². The molecule has 0 atom stereocenters. The number of piperazine rings is 1. The Labute approximate surface area is 135 Å². The third-order valence-corrected chi connectivity index (χ3v) is 3.69. The highest BCUT2D eigenvalue weighted by Crippen LogP contribution is 2.36. The first-order chi connectivity index (χ1) is 11.2. The number of ether oxygens (including phenoxy) is 1. The summed E-state index contributed by atoms with van der Waals surface area (Å²) in [4.78, 5) is 25.6. The van der Waals surface area contributed by atoms with E-state index in [0.29, 0.717) is 38.3 Å². The number of hydrogen-bond donors (Lipinski definition) is 0. The molecule has 0 aliphatic carbocycles. The number of amides is 1. The lowest BCUT2D eigenvalue weighted by Gasteiger charge is -2.32. The van der Waals surface area contributed by atoms with E-state index in [0.717, 1.165) is 6.07 Å². The van der Waals surface area contributed by atoms with Crippen LogP contribution in [0.3, 0.4) is 0 Å². The van der Waals surface area contributed by atoms with Crippen LogP contribution in [0.4, 0.5) is 18.9 Å². The predicted octanol–water partition coefficient (Wildman–Crippen LogP) is 1.77. The van der Waals surface area contributed by atoms with Crippen molar-refractivity contribution < 1.29 is 27.6 Å². The molecule has 1 aliphatic rings. The molecule has 1 aromatic carbocycles. The third kappa shape index (κ3) is 4.34. The van der Waals surface area contributed by atoms with Crippen molar-refractivity contribution in [2.75, 3.05) is 39.8 Å². The summed E-state index contributed by atoms with van der Waals surface area (Å²) < 4.78 is 43.0. The Balaban J connectivity index is 2.06. The van der Waals surface area contributed by atoms with Gasteiger partial charge in [-0.25, -0.2) is 0 Å². The molecule has 0 bridgehead atoms. The maximum atomic E-state index is 12.6. The highest BCUT2D eigenvalue weighted by atomic mass is 19.4. The van der Waals surface area contributed by atoms with Crippen molar-refractivity contribution in [1.82, 2.24) is 9.80 Å². The summed E-state index contributed by atoms with van der Waals surface area (Å²) in [6.07, 6.45) is -4.70. The van der Waals surface area contributed by atoms with Crippen molar-refractivity contribution in [3.05, 3.63) is 33.9 Å². The lowest BCUT2D eigenvalue weighted by Crippen LogP contribution is -2.48. The van der Waals surface area contributed by atoms with Gasteiger partial charge in [-0.1, -0.05) is 0 Å². The zero-order valence-corrected chi connectivity index (χ0v) is 12.9. The van der Waals surface area contributed by atoms with Gasteiger partial charge in [0.2, 0.25) is 0 Å². The van der Waals surface area contributed by atoms with Crippen LogP contribution in [0, 0.1) is 10.1 Å². The van der Waals surface area contributed by atoms with E-state index in [9.17, 15) is 28.1 Å². The first kappa shape index (κ1) is 18.0. The minimum Gasteiger partial charge on any atom is -0.477 e. The standard InChI is InChI=1S/C14H16F3N3O4/c1-18-4-6-19(7-5-18)13(21)9-24-12-3-2-10(14(15,16)17)8-11(12)20(22)23/h2-3,8H,4-7,9H2,1H3. The molecule has 0 spiro atoms. The summed E-state index contributed by atoms with van der Waals surface area (Å²) in [5.41, 5.74) is -1.97. The fourth-order valence-electron chi connectivity index (χ4n) is 2.25. The molecule has 1 aliphatic heterocycles. The monoisotopic (exact) mass is 347 g/mol. The van der Waals surface area contributed by atoms with Crippen molar-refractivity contribution in [3.8, 4) is 5.75 Å². The van der Waals surface area contributed by atoms with Crippen LogP contribution in [0.2, 0.25) is 0 Å². The molecule has 0 N–H and O–H groups in total. The topological polar surface area (TPSA) is 75.9 Å². The molecule has 132 valence electrons. The van der Waals surface area contributed by atoms with Gasteiger partial charge in [0, 0.05) is 32.2 Å². The maximum Gasteiger partial charge on any atom is 0.416 e. The number of rotatable bonds is 4. The van der Waals surface area contributed by atoms with Gasteiger partial charge in [-0.05, 0) is 19.2 Å². The molecule has 10 heteroatoms. The van der Waals surface area contributed by atoms with E-state index < -0.39 is 29.0 Å². The van der Waals surface area contributed by atoms with Crippen LogP contribution < -0.4 is 4.74 Å². The van der Waals surface area contributed by atoms with Gasteiger partial charge in [0.1, 0.15) is 0 Å². The molecule has 24 heavy (non-hydrogen) atoms. The quantitative estimate of drug-likeness (QED) is 0.613. The van der Waals surface area contributed by atoms with E-state index in [2.05, 4.69) is 0 Å². The van der Waals surface area contributed by atoms with E-state index in [-0.39, 0.29) is 11.7 Å². The number of nitro groups is 1. The smallest absolute Gasteiger partial charge is 0.416 e. The zero-order chi connectivity index (χ0) is 17.9. The Bertz CT molecular complexity index is 628. The normalized spacial score (nSPS) is 16.1. The minimum atomic E-state index is -4.70. The average molecular weight is 347 g/mol. The Kier molecular flexibility index (Phi) is 5.27. The molecule has 7 nitrogen and oxygen atoms in total. The number of alkyl halides is 3. The number of halogens is 3. The lowest BCUT2D eigenvalue weighted by molar-refractivity contribution is -0.386. The number of nitro benzene ring substituents is 1. The summed E-state index contributed by atoms with van der Waals surface area (Å²) in [5, 5.41) is 10.9. The molecule has 0 aromatic heterocycles. The number of nitrogens with zero attached hydrogens (tertiary/aromatic N) is 3. The summed E-state index contributed by atoms with van der Waals surface area (Å²) in [5.74, 6) is -0.729. The van der Waals surface area contributed by atoms with E-state index in [4.69, 9.17) is 4.74 Å². The van der Waals surface area contributed by atoms with Crippen molar-refractivity contribution in [2.24, 2.45) is 0 Å². The van der Waals surface area contributed by atoms with E-state index in [1.165, 1.54) is 0 Å². The summed E-state index contributed by atoms with van der Waals surface area (Å²) >= 11 is 0. The van der Waals surface area contributed by atoms with Gasteiger partial charge in [-0.15, -0.1) is 0 Å². The highest BCUT2D eigenvalue weighted by Gasteiger charge is 2.33. The molecule has 1 amide bonds. The molecule has 1 saturated heterocycles. The van der Waals surface area contributed by atoms with Gasteiger partial charge in [-0.2, -0.15) is 13.2 Å². The highest BCUT2D eigenvalue weighted by molar-refractivity contribution is 5.78. The summed E-state index contributed by atoms with van der Waals surface area (Å²) in [6, 6.07) is 1.94. The zero-order valence-electron chi connectivity index (χ0n) is 12.9. The second kappa shape index (κ2) is 7.04. The second-order valence-electron chi connectivity index (χ2n) is 5.41. The Hall–Kier alpha value is -2.36. The number of benzene rings is 1. The van der Waals surface area contributed by atoms with Crippen molar-refractivity contribution in [2.45, 2.75) is 6.18 Å². The predicted molar refractivity (Wildman–Crippen MR) is 77.7 cm³/mol. The van der Waals surface area contributed by atoms with Crippen LogP contribution >= 0.6 is 0 Å². The van der Waals surface area contributed by atoms with Gasteiger partial charge >= 0.3 is 11.9 Å². The molecule has 0 unspecified atom stereocenters. The van der Waals surface area contributed by atoms with Crippen LogP contribution in [-0.4, -0.2) is 60.5 Å². The Morgan fingerprint density at radius 2 is 1.92 bits per heavy atom. The average Bonchev–Trinajstić information content (AvgIpc) is 2.52. The molecule has 2 rings (SSSR count). The fourth-order valence-corrected chi connectivity index (χ4v) is 2.25. The Morgan fingerprint density at radius 1 is 1.29 bits per heavy atom. The lowest BCUT2D eigenvalue weighted by atomic mass is 10.2. The van der Waals surface area contributed by atoms with Crippen molar-refractivity contribution in [3.63, 3.8) is 0 Å². The first-order valence-corrected chi connectivity index (χ1v) is 7.13. The molecule has 1 heterocycles. The van der Waals surface area contributed by atoms with E-state index >= 15 is 0 Å². The number of carbonyl (C=O) groups excluding carboxylic acids is 1. The molecular weight excluding hydrogens is 331 g/mol. The maximum absolute atomic E-state index is 12.6. The summed E-state index contributed by atoms with van der Waals surface area (Å²) in [7, 11) is 1.92. The molecular formula is C14H16F3N3O4. The van der Waals surface area contributed by atoms with E-state index in [1.807, 2.05) is 11.9 Å². The van der Waals surface area contributed by atoms with Crippen molar-refractivity contribution >= 4 is 11.6 Å². The van der Waals surface area contributed by atoms with Gasteiger partial charge < -0.3 is 14.5 Å². The van der Waals surface area contributed by atoms with Gasteiger partial charge in [0.25, 0.3) is 5.91 Å². The largest absolute Gasteiger partial charge is 0.477 e. The van der Waals surface area contributed by atoms with Gasteiger partial charge in [0.15, 0.2) is 12.4 Å². The van der Waals surface area contributed by atoms with Crippen LogP contribution in [0.1, 0.15) is 5.56 Å². The third-order valence-electron chi connectivity index (χ3n) is 3.69. The number of likely N-dealkylation sites (N-methyl/N-ethyl adjacent to an activating group) is 1. The van der Waals surface area contributed by atoms with Gasteiger partial charge in [0.05, 0.1) is 10.5 Å². The molecule has 0 saturated carbocycles. The first-order valence-electron chi connectivity index (χ1n) is 7.13. The SMILES string of the molecule is CN1CCN(C(=O)COc2ccc(C(F)(F)F)cc2[N+](=O)[O-])CC1. The molecule has 1 aromatic rings. The Morgan fingerprint density at radius 3 is 2.46 bits per heavy atom. The molecule has 1 fully saturated rings. The van der Waals surface area contributed by atoms with Crippen LogP contribution in [0.5, 0.6) is 5.75 Å². The van der Waals surface area contributed by atoms with Crippen LogP contribution in [0.25, 0.3) is 0 Å². The van der Waals surface area contributed by atoms with Gasteiger partial charge in [-0.3, -0.25) is 14.9 Å². The minimum absolute atomic E-state index is 0.364. The molecule has 0 radical (unpaired) electrons. The van der Waals surface area contributed by atoms with E-state index in [1.54, 1.807) is 4.90 Å². The van der Waals surface area contributed by atoms with Crippen LogP contribution in [-0.2, 0) is 11.0 Å². The second-order valence-corrected chi connectivity index (χ2v) is 5.41. The summed E-state index contributed by atoms with van der Waals surface area (Å²) in [6.45, 7) is 1.95. The van der Waals surface area contributed by atoms with Crippen LogP contribution in [0.15, 0.2) is 18.2 Å². The fraction of sp³-hybridized carbons (Fsp3) is 0.500. The number of hydrogen-bond acceptors (Lipinski definition) is 5. The number of carbonyl (C=O) groups is 1.